The third-order valence-corrected chi connectivity index (χ3v) is 3.79. The van der Waals surface area contributed by atoms with Gasteiger partial charge in [-0.1, -0.05) is 18.2 Å². The Morgan fingerprint density at radius 1 is 1.09 bits per heavy atom. The van der Waals surface area contributed by atoms with E-state index in [0.29, 0.717) is 18.8 Å². The number of pyridine rings is 1. The van der Waals surface area contributed by atoms with Gasteiger partial charge in [-0.05, 0) is 53.9 Å². The van der Waals surface area contributed by atoms with Gasteiger partial charge in [0.2, 0.25) is 0 Å². The summed E-state index contributed by atoms with van der Waals surface area (Å²) in [6, 6.07) is 15.9. The van der Waals surface area contributed by atoms with Crippen molar-refractivity contribution in [2.24, 2.45) is 0 Å². The van der Waals surface area contributed by atoms with Crippen LogP contribution < -0.4 is 5.32 Å². The van der Waals surface area contributed by atoms with E-state index in [9.17, 15) is 5.11 Å². The van der Waals surface area contributed by atoms with Crippen LogP contribution in [-0.4, -0.2) is 16.6 Å². The van der Waals surface area contributed by atoms with Crippen molar-refractivity contribution in [1.29, 1.82) is 0 Å². The van der Waals surface area contributed by atoms with Gasteiger partial charge in [-0.25, -0.2) is 0 Å². The molecule has 4 nitrogen and oxygen atoms in total. The van der Waals surface area contributed by atoms with Crippen LogP contribution >= 0.6 is 0 Å². The van der Waals surface area contributed by atoms with Gasteiger partial charge in [0.15, 0.2) is 0 Å². The van der Waals surface area contributed by atoms with Crippen molar-refractivity contribution in [3.63, 3.8) is 0 Å². The molecular formula is C19H20N2O2. The molecule has 0 bridgehead atoms. The summed E-state index contributed by atoms with van der Waals surface area (Å²) in [6.07, 6.45) is 5.16. The average Bonchev–Trinajstić information content (AvgIpc) is 3.11. The molecule has 3 rings (SSSR count). The van der Waals surface area contributed by atoms with E-state index in [-0.39, 0.29) is 0 Å². The smallest absolute Gasteiger partial charge is 0.136 e. The second kappa shape index (κ2) is 6.77. The third-order valence-electron chi connectivity index (χ3n) is 3.79. The van der Waals surface area contributed by atoms with Crippen molar-refractivity contribution in [3.05, 3.63) is 78.5 Å². The number of hydrogen-bond donors (Lipinski definition) is 2. The lowest BCUT2D eigenvalue weighted by Gasteiger charge is -2.21. The van der Waals surface area contributed by atoms with Crippen molar-refractivity contribution in [3.8, 4) is 11.1 Å². The van der Waals surface area contributed by atoms with Crippen LogP contribution in [0.5, 0.6) is 0 Å². The fourth-order valence-corrected chi connectivity index (χ4v) is 2.53. The predicted molar refractivity (Wildman–Crippen MR) is 89.7 cm³/mol. The monoisotopic (exact) mass is 308 g/mol. The zero-order valence-corrected chi connectivity index (χ0v) is 13.1. The minimum absolute atomic E-state index is 0.417. The zero-order valence-electron chi connectivity index (χ0n) is 13.1. The van der Waals surface area contributed by atoms with Gasteiger partial charge < -0.3 is 14.8 Å². The van der Waals surface area contributed by atoms with Crippen LogP contribution in [0.25, 0.3) is 11.1 Å². The molecule has 2 N–H and O–H groups in total. The molecule has 1 aromatic carbocycles. The van der Waals surface area contributed by atoms with E-state index in [1.165, 1.54) is 0 Å². The number of hydrogen-bond acceptors (Lipinski definition) is 4. The highest BCUT2D eigenvalue weighted by Gasteiger charge is 2.25. The molecule has 0 aliphatic heterocycles. The summed E-state index contributed by atoms with van der Waals surface area (Å²) in [5.41, 5.74) is 2.44. The number of rotatable bonds is 6. The molecule has 0 amide bonds. The maximum atomic E-state index is 10.4. The summed E-state index contributed by atoms with van der Waals surface area (Å²) in [5.74, 6) is 0.565. The Morgan fingerprint density at radius 3 is 2.65 bits per heavy atom. The molecule has 2 aromatic heterocycles. The lowest BCUT2D eigenvalue weighted by atomic mass is 10.0. The van der Waals surface area contributed by atoms with E-state index >= 15 is 0 Å². The molecule has 1 unspecified atom stereocenters. The quantitative estimate of drug-likeness (QED) is 0.733. The van der Waals surface area contributed by atoms with E-state index in [2.05, 4.69) is 28.5 Å². The van der Waals surface area contributed by atoms with Gasteiger partial charge in [-0.2, -0.15) is 0 Å². The van der Waals surface area contributed by atoms with E-state index in [1.807, 2.05) is 18.2 Å². The molecule has 0 aliphatic rings. The van der Waals surface area contributed by atoms with Crippen LogP contribution in [-0.2, 0) is 12.1 Å². The number of aromatic nitrogens is 1. The van der Waals surface area contributed by atoms with Crippen molar-refractivity contribution < 1.29 is 9.52 Å². The Kier molecular flexibility index (Phi) is 4.55. The molecule has 0 saturated carbocycles. The van der Waals surface area contributed by atoms with Crippen LogP contribution in [0.3, 0.4) is 0 Å². The fourth-order valence-electron chi connectivity index (χ4n) is 2.53. The second-order valence-corrected chi connectivity index (χ2v) is 5.79. The normalized spacial score (nSPS) is 13.7. The maximum Gasteiger partial charge on any atom is 0.136 e. The summed E-state index contributed by atoms with van der Waals surface area (Å²) in [7, 11) is 0. The number of nitrogens with zero attached hydrogens (tertiary/aromatic N) is 1. The topological polar surface area (TPSA) is 58.3 Å². The van der Waals surface area contributed by atoms with Crippen molar-refractivity contribution >= 4 is 0 Å². The summed E-state index contributed by atoms with van der Waals surface area (Å²) in [6.45, 7) is 2.84. The lowest BCUT2D eigenvalue weighted by Crippen LogP contribution is -2.34. The Morgan fingerprint density at radius 2 is 1.91 bits per heavy atom. The molecule has 0 spiro atoms. The van der Waals surface area contributed by atoms with Crippen LogP contribution in [0, 0.1) is 0 Å². The summed E-state index contributed by atoms with van der Waals surface area (Å²) < 4.78 is 5.28. The number of nitrogens with one attached hydrogen (secondary N) is 1. The Hall–Kier alpha value is -2.43. The highest BCUT2D eigenvalue weighted by Crippen LogP contribution is 2.21. The van der Waals surface area contributed by atoms with E-state index < -0.39 is 5.60 Å². The first-order valence-electron chi connectivity index (χ1n) is 7.61. The molecule has 23 heavy (non-hydrogen) atoms. The van der Waals surface area contributed by atoms with Crippen molar-refractivity contribution in [2.75, 3.05) is 6.54 Å². The Bertz CT molecular complexity index is 737. The van der Waals surface area contributed by atoms with Crippen molar-refractivity contribution in [1.82, 2.24) is 10.3 Å². The molecule has 0 radical (unpaired) electrons. The summed E-state index contributed by atoms with van der Waals surface area (Å²) >= 11 is 0. The first kappa shape index (κ1) is 15.5. The molecule has 0 aliphatic carbocycles. The SMILES string of the molecule is CC(O)(CNCc1cccc(-c2ccncc2)c1)c1ccco1. The molecule has 0 fully saturated rings. The highest BCUT2D eigenvalue weighted by molar-refractivity contribution is 5.63. The molecule has 118 valence electrons. The van der Waals surface area contributed by atoms with Gasteiger partial charge in [0.1, 0.15) is 11.4 Å². The van der Waals surface area contributed by atoms with Crippen molar-refractivity contribution in [2.45, 2.75) is 19.1 Å². The van der Waals surface area contributed by atoms with E-state index in [1.54, 1.807) is 37.7 Å². The third kappa shape index (κ3) is 3.86. The van der Waals surface area contributed by atoms with Crippen LogP contribution in [0.2, 0.25) is 0 Å². The second-order valence-electron chi connectivity index (χ2n) is 5.79. The molecule has 0 saturated heterocycles. The molecule has 2 heterocycles. The minimum atomic E-state index is -1.02. The van der Waals surface area contributed by atoms with Gasteiger partial charge in [-0.3, -0.25) is 4.98 Å². The minimum Gasteiger partial charge on any atom is -0.466 e. The van der Waals surface area contributed by atoms with Gasteiger partial charge >= 0.3 is 0 Å². The number of aliphatic hydroxyl groups is 1. The molecule has 4 heteroatoms. The molecular weight excluding hydrogens is 288 g/mol. The predicted octanol–water partition coefficient (Wildman–Crippen LogP) is 3.34. The molecule has 3 aromatic rings. The summed E-state index contributed by atoms with van der Waals surface area (Å²) in [5, 5.41) is 13.7. The largest absolute Gasteiger partial charge is 0.466 e. The Labute approximate surface area is 135 Å². The standard InChI is InChI=1S/C19H20N2O2/c1-19(22,18-6-3-11-23-18)14-21-13-15-4-2-5-17(12-15)16-7-9-20-10-8-16/h2-12,21-22H,13-14H2,1H3. The van der Waals surface area contributed by atoms with Gasteiger partial charge in [-0.15, -0.1) is 0 Å². The summed E-state index contributed by atoms with van der Waals surface area (Å²) in [4.78, 5) is 4.05. The van der Waals surface area contributed by atoms with Gasteiger partial charge in [0, 0.05) is 25.5 Å². The zero-order chi connectivity index (χ0) is 16.1. The number of benzene rings is 1. The van der Waals surface area contributed by atoms with Gasteiger partial charge in [0.05, 0.1) is 6.26 Å². The van der Waals surface area contributed by atoms with Crippen LogP contribution in [0.4, 0.5) is 0 Å². The van der Waals surface area contributed by atoms with Crippen LogP contribution in [0.1, 0.15) is 18.2 Å². The number of furan rings is 1. The van der Waals surface area contributed by atoms with E-state index in [0.717, 1.165) is 16.7 Å². The highest BCUT2D eigenvalue weighted by atomic mass is 16.4. The first-order valence-corrected chi connectivity index (χ1v) is 7.61. The van der Waals surface area contributed by atoms with Crippen LogP contribution in [0.15, 0.2) is 71.6 Å². The fraction of sp³-hybridized carbons (Fsp3) is 0.211. The molecule has 1 atom stereocenters. The first-order chi connectivity index (χ1) is 11.1. The lowest BCUT2D eigenvalue weighted by molar-refractivity contribution is 0.0340. The van der Waals surface area contributed by atoms with E-state index in [4.69, 9.17) is 4.42 Å². The average molecular weight is 308 g/mol. The Balaban J connectivity index is 1.63. The van der Waals surface area contributed by atoms with Gasteiger partial charge in [0.25, 0.3) is 0 Å². The maximum absolute atomic E-state index is 10.4.